The van der Waals surface area contributed by atoms with Crippen LogP contribution in [0, 0.1) is 5.92 Å². The molecule has 1 saturated heterocycles. The van der Waals surface area contributed by atoms with E-state index in [-0.39, 0.29) is 0 Å². The number of nitrogens with zero attached hydrogens (tertiary/aromatic N) is 2. The highest BCUT2D eigenvalue weighted by molar-refractivity contribution is 5.57. The molecule has 0 aliphatic carbocycles. The summed E-state index contributed by atoms with van der Waals surface area (Å²) < 4.78 is 5.53. The van der Waals surface area contributed by atoms with Gasteiger partial charge in [-0.05, 0) is 32.1 Å². The largest absolute Gasteiger partial charge is 0.381 e. The van der Waals surface area contributed by atoms with Crippen LogP contribution < -0.4 is 10.6 Å². The van der Waals surface area contributed by atoms with E-state index in [0.29, 0.717) is 5.92 Å². The van der Waals surface area contributed by atoms with E-state index in [2.05, 4.69) is 34.4 Å². The maximum Gasteiger partial charge on any atom is 0.134 e. The summed E-state index contributed by atoms with van der Waals surface area (Å²) in [6.07, 6.45) is 6.12. The Morgan fingerprint density at radius 2 is 2.05 bits per heavy atom. The highest BCUT2D eigenvalue weighted by Crippen LogP contribution is 2.22. The average molecular weight is 278 g/mol. The van der Waals surface area contributed by atoms with Gasteiger partial charge in [-0.15, -0.1) is 0 Å². The Morgan fingerprint density at radius 3 is 2.70 bits per heavy atom. The number of hydrogen-bond acceptors (Lipinski definition) is 5. The molecule has 5 nitrogen and oxygen atoms in total. The molecule has 0 spiro atoms. The van der Waals surface area contributed by atoms with Crippen LogP contribution in [0.25, 0.3) is 0 Å². The summed E-state index contributed by atoms with van der Waals surface area (Å²) in [4.78, 5) is 8.78. The Hall–Kier alpha value is -1.36. The van der Waals surface area contributed by atoms with Crippen molar-refractivity contribution >= 4 is 11.6 Å². The fourth-order valence-electron chi connectivity index (χ4n) is 2.58. The predicted octanol–water partition coefficient (Wildman–Crippen LogP) is 2.70. The van der Waals surface area contributed by atoms with Gasteiger partial charge in [0.15, 0.2) is 0 Å². The third-order valence-corrected chi connectivity index (χ3v) is 3.60. The Labute approximate surface area is 121 Å². The lowest BCUT2D eigenvalue weighted by Crippen LogP contribution is -2.25. The molecule has 0 aromatic carbocycles. The van der Waals surface area contributed by atoms with Crippen LogP contribution in [0.2, 0.25) is 0 Å². The lowest BCUT2D eigenvalue weighted by Gasteiger charge is -2.23. The monoisotopic (exact) mass is 278 g/mol. The van der Waals surface area contributed by atoms with Gasteiger partial charge in [0.2, 0.25) is 0 Å². The molecule has 0 amide bonds. The van der Waals surface area contributed by atoms with Gasteiger partial charge in [0.05, 0.1) is 6.61 Å². The van der Waals surface area contributed by atoms with Crippen molar-refractivity contribution in [2.24, 2.45) is 5.92 Å². The van der Waals surface area contributed by atoms with E-state index in [4.69, 9.17) is 4.74 Å². The van der Waals surface area contributed by atoms with Crippen LogP contribution in [0.3, 0.4) is 0 Å². The lowest BCUT2D eigenvalue weighted by molar-refractivity contribution is 0.0594. The normalized spacial score (nSPS) is 18.8. The molecule has 0 radical (unpaired) electrons. The first kappa shape index (κ1) is 15.0. The zero-order valence-electron chi connectivity index (χ0n) is 12.6. The maximum absolute atomic E-state index is 5.53. The smallest absolute Gasteiger partial charge is 0.134 e. The van der Waals surface area contributed by atoms with Gasteiger partial charge in [-0.2, -0.15) is 0 Å². The molecule has 1 aromatic heterocycles. The minimum absolute atomic E-state index is 0.593. The molecule has 112 valence electrons. The zero-order valence-corrected chi connectivity index (χ0v) is 12.6. The number of anilines is 2. The second-order valence-electron chi connectivity index (χ2n) is 5.29. The van der Waals surface area contributed by atoms with Crippen LogP contribution >= 0.6 is 0 Å². The van der Waals surface area contributed by atoms with Gasteiger partial charge in [0.1, 0.15) is 18.0 Å². The Morgan fingerprint density at radius 1 is 1.25 bits per heavy atom. The summed E-state index contributed by atoms with van der Waals surface area (Å²) in [5.74, 6) is 2.53. The second-order valence-corrected chi connectivity index (χ2v) is 5.29. The molecule has 1 fully saturated rings. The Kier molecular flexibility index (Phi) is 6.05. The summed E-state index contributed by atoms with van der Waals surface area (Å²) in [5.41, 5.74) is 1.20. The predicted molar refractivity (Wildman–Crippen MR) is 82.2 cm³/mol. The summed E-state index contributed by atoms with van der Waals surface area (Å²) in [6.45, 7) is 7.85. The topological polar surface area (TPSA) is 59.1 Å². The zero-order chi connectivity index (χ0) is 14.2. The van der Waals surface area contributed by atoms with Crippen LogP contribution in [0.4, 0.5) is 11.6 Å². The van der Waals surface area contributed by atoms with E-state index in [1.807, 2.05) is 0 Å². The van der Waals surface area contributed by atoms with E-state index in [1.54, 1.807) is 6.33 Å². The summed E-state index contributed by atoms with van der Waals surface area (Å²) in [7, 11) is 0. The van der Waals surface area contributed by atoms with E-state index in [1.165, 1.54) is 18.4 Å². The molecule has 0 saturated carbocycles. The van der Waals surface area contributed by atoms with Gasteiger partial charge in [0.25, 0.3) is 0 Å². The molecule has 20 heavy (non-hydrogen) atoms. The highest BCUT2D eigenvalue weighted by atomic mass is 16.5. The molecule has 0 bridgehead atoms. The molecule has 1 aliphatic heterocycles. The molecule has 1 aliphatic rings. The first-order valence-corrected chi connectivity index (χ1v) is 7.74. The van der Waals surface area contributed by atoms with E-state index >= 15 is 0 Å². The van der Waals surface area contributed by atoms with Crippen molar-refractivity contribution in [3.63, 3.8) is 0 Å². The van der Waals surface area contributed by atoms with Gasteiger partial charge in [-0.25, -0.2) is 9.97 Å². The molecule has 1 aromatic rings. The van der Waals surface area contributed by atoms with E-state index in [9.17, 15) is 0 Å². The molecule has 2 N–H and O–H groups in total. The number of hydrogen-bond donors (Lipinski definition) is 2. The van der Waals surface area contributed by atoms with Gasteiger partial charge < -0.3 is 15.4 Å². The van der Waals surface area contributed by atoms with Crippen LogP contribution in [-0.2, 0) is 11.2 Å². The average Bonchev–Trinajstić information content (AvgIpc) is 2.49. The first-order chi connectivity index (χ1) is 9.85. The van der Waals surface area contributed by atoms with Crippen LogP contribution in [-0.4, -0.2) is 36.3 Å². The van der Waals surface area contributed by atoms with E-state index < -0.39 is 0 Å². The van der Waals surface area contributed by atoms with E-state index in [0.717, 1.165) is 50.8 Å². The highest BCUT2D eigenvalue weighted by Gasteiger charge is 2.15. The van der Waals surface area contributed by atoms with Crippen molar-refractivity contribution in [1.82, 2.24) is 9.97 Å². The van der Waals surface area contributed by atoms with Crippen molar-refractivity contribution in [3.05, 3.63) is 11.9 Å². The molecule has 1 atom stereocenters. The Balaban J connectivity index is 2.02. The van der Waals surface area contributed by atoms with Crippen molar-refractivity contribution in [1.29, 1.82) is 0 Å². The number of ether oxygens (including phenoxy) is 1. The molecule has 2 heterocycles. The van der Waals surface area contributed by atoms with Crippen molar-refractivity contribution in [3.8, 4) is 0 Å². The molecular formula is C15H26N4O. The molecule has 2 rings (SSSR count). The van der Waals surface area contributed by atoms with Gasteiger partial charge in [-0.1, -0.05) is 13.3 Å². The summed E-state index contributed by atoms with van der Waals surface area (Å²) in [5, 5.41) is 6.82. The summed E-state index contributed by atoms with van der Waals surface area (Å²) >= 11 is 0. The fourth-order valence-corrected chi connectivity index (χ4v) is 2.58. The van der Waals surface area contributed by atoms with Crippen LogP contribution in [0.15, 0.2) is 6.33 Å². The standard InChI is InChI=1S/C15H26N4O/c1-3-6-13-14(16-4-2)18-11-19-15(13)17-9-12-7-5-8-20-10-12/h11-12H,3-10H2,1-2H3,(H2,16,17,18,19). The van der Waals surface area contributed by atoms with Gasteiger partial charge in [-0.3, -0.25) is 0 Å². The first-order valence-electron chi connectivity index (χ1n) is 7.74. The van der Waals surface area contributed by atoms with Gasteiger partial charge >= 0.3 is 0 Å². The molecule has 5 heteroatoms. The Bertz CT molecular complexity index is 405. The minimum atomic E-state index is 0.593. The quantitative estimate of drug-likeness (QED) is 0.803. The number of rotatable bonds is 7. The van der Waals surface area contributed by atoms with Crippen LogP contribution in [0.5, 0.6) is 0 Å². The lowest BCUT2D eigenvalue weighted by atomic mass is 10.0. The number of nitrogens with one attached hydrogen (secondary N) is 2. The van der Waals surface area contributed by atoms with Gasteiger partial charge in [0, 0.05) is 25.3 Å². The third kappa shape index (κ3) is 4.07. The number of aromatic nitrogens is 2. The fraction of sp³-hybridized carbons (Fsp3) is 0.733. The SMILES string of the molecule is CCCc1c(NCC)ncnc1NCC1CCCOC1. The van der Waals surface area contributed by atoms with Crippen LogP contribution in [0.1, 0.15) is 38.7 Å². The second kappa shape index (κ2) is 8.04. The minimum Gasteiger partial charge on any atom is -0.381 e. The van der Waals surface area contributed by atoms with Crippen molar-refractivity contribution in [2.75, 3.05) is 36.9 Å². The molecule has 1 unspecified atom stereocenters. The third-order valence-electron chi connectivity index (χ3n) is 3.60. The summed E-state index contributed by atoms with van der Waals surface area (Å²) in [6, 6.07) is 0. The maximum atomic E-state index is 5.53. The molecular weight excluding hydrogens is 252 g/mol. The van der Waals surface area contributed by atoms with Crippen molar-refractivity contribution in [2.45, 2.75) is 39.5 Å². The van der Waals surface area contributed by atoms with Crippen molar-refractivity contribution < 1.29 is 4.74 Å².